The van der Waals surface area contributed by atoms with Gasteiger partial charge in [0.2, 0.25) is 0 Å². The number of halogens is 1. The molecule has 0 saturated heterocycles. The van der Waals surface area contributed by atoms with E-state index in [0.717, 1.165) is 11.0 Å². The predicted octanol–water partition coefficient (Wildman–Crippen LogP) is 3.92. The van der Waals surface area contributed by atoms with Crippen LogP contribution in [-0.2, 0) is 11.3 Å². The van der Waals surface area contributed by atoms with Crippen molar-refractivity contribution in [3.63, 3.8) is 0 Å². The summed E-state index contributed by atoms with van der Waals surface area (Å²) in [6, 6.07) is 12.3. The molecule has 0 unspecified atom stereocenters. The number of nitrogens with one attached hydrogen (secondary N) is 1. The second-order valence-electron chi connectivity index (χ2n) is 5.50. The van der Waals surface area contributed by atoms with Crippen molar-refractivity contribution in [3.8, 4) is 0 Å². The Kier molecular flexibility index (Phi) is 3.95. The van der Waals surface area contributed by atoms with Gasteiger partial charge in [0.15, 0.2) is 0 Å². The molecule has 25 heavy (non-hydrogen) atoms. The summed E-state index contributed by atoms with van der Waals surface area (Å²) in [7, 11) is 1.52. The third kappa shape index (κ3) is 2.67. The van der Waals surface area contributed by atoms with Crippen LogP contribution in [0, 0.1) is 5.82 Å². The van der Waals surface area contributed by atoms with Gasteiger partial charge in [0.1, 0.15) is 17.0 Å². The van der Waals surface area contributed by atoms with Gasteiger partial charge in [-0.25, -0.2) is 14.1 Å². The number of ether oxygens (including phenoxy) is 1. The molecule has 0 fully saturated rings. The fourth-order valence-corrected chi connectivity index (χ4v) is 3.95. The fourth-order valence-electron chi connectivity index (χ4n) is 2.84. The van der Waals surface area contributed by atoms with Crippen LogP contribution in [0.5, 0.6) is 0 Å². The van der Waals surface area contributed by atoms with Gasteiger partial charge in [-0.3, -0.25) is 10.2 Å². The van der Waals surface area contributed by atoms with Crippen molar-refractivity contribution in [3.05, 3.63) is 65.0 Å². The average Bonchev–Trinajstić information content (AvgIpc) is 3.18. The number of carbonyl (C=O) groups is 1. The highest BCUT2D eigenvalue weighted by Crippen LogP contribution is 2.34. The number of nitrogens with zero attached hydrogens (tertiary/aromatic N) is 2. The molecule has 0 spiro atoms. The maximum Gasteiger partial charge on any atom is 0.280 e. The molecule has 0 aliphatic rings. The molecule has 4 rings (SSSR count). The maximum atomic E-state index is 14.2. The van der Waals surface area contributed by atoms with E-state index in [9.17, 15) is 9.18 Å². The van der Waals surface area contributed by atoms with E-state index >= 15 is 0 Å². The third-order valence-corrected chi connectivity index (χ3v) is 5.13. The number of amides is 1. The van der Waals surface area contributed by atoms with Gasteiger partial charge in [-0.05, 0) is 24.3 Å². The minimum Gasteiger partial charge on any atom is -0.380 e. The number of imidazole rings is 1. The van der Waals surface area contributed by atoms with E-state index in [1.54, 1.807) is 23.1 Å². The molecule has 0 aliphatic heterocycles. The zero-order valence-corrected chi connectivity index (χ0v) is 14.1. The average molecular weight is 355 g/mol. The van der Waals surface area contributed by atoms with E-state index in [1.807, 2.05) is 24.3 Å². The van der Waals surface area contributed by atoms with Gasteiger partial charge in [-0.1, -0.05) is 18.2 Å². The van der Waals surface area contributed by atoms with Crippen LogP contribution >= 0.6 is 11.3 Å². The molecular weight excluding hydrogens is 341 g/mol. The van der Waals surface area contributed by atoms with Crippen LogP contribution in [0.3, 0.4) is 0 Å². The van der Waals surface area contributed by atoms with E-state index in [2.05, 4.69) is 10.4 Å². The Hall–Kier alpha value is -2.77. The molecule has 5 nitrogen and oxygen atoms in total. The van der Waals surface area contributed by atoms with E-state index in [-0.39, 0.29) is 18.3 Å². The molecule has 2 heterocycles. The van der Waals surface area contributed by atoms with Gasteiger partial charge in [0.25, 0.3) is 5.91 Å². The molecule has 2 aromatic heterocycles. The number of methoxy groups -OCH3 is 1. The molecule has 7 heteroatoms. The van der Waals surface area contributed by atoms with Crippen LogP contribution in [0.1, 0.15) is 15.2 Å². The Morgan fingerprint density at radius 1 is 1.28 bits per heavy atom. The minimum atomic E-state index is -0.354. The molecule has 0 saturated carbocycles. The summed E-state index contributed by atoms with van der Waals surface area (Å²) < 4.78 is 21.7. The first-order valence-electron chi connectivity index (χ1n) is 7.61. The molecule has 126 valence electrons. The number of thiophene rings is 1. The maximum absolute atomic E-state index is 14.2. The van der Waals surface area contributed by atoms with Crippen LogP contribution < -0.4 is 5.43 Å². The van der Waals surface area contributed by atoms with Crippen molar-refractivity contribution in [1.82, 2.24) is 9.66 Å². The summed E-state index contributed by atoms with van der Waals surface area (Å²) in [5.41, 5.74) is 4.93. The number of para-hydroxylation sites is 2. The van der Waals surface area contributed by atoms with Crippen molar-refractivity contribution >= 4 is 38.4 Å². The van der Waals surface area contributed by atoms with Crippen molar-refractivity contribution in [2.75, 3.05) is 12.5 Å². The Morgan fingerprint density at radius 2 is 2.12 bits per heavy atom. The lowest BCUT2D eigenvalue weighted by atomic mass is 10.1. The zero-order valence-electron chi connectivity index (χ0n) is 13.3. The molecule has 1 amide bonds. The SMILES string of the molecule is COCc1c(C(=O)Nn2cnc3ccccc32)sc2cccc(F)c12. The van der Waals surface area contributed by atoms with E-state index in [4.69, 9.17) is 4.74 Å². The number of rotatable bonds is 4. The molecule has 0 aliphatic carbocycles. The molecule has 0 bridgehead atoms. The number of hydrogen-bond donors (Lipinski definition) is 1. The number of fused-ring (bicyclic) bond motifs is 2. The first-order valence-corrected chi connectivity index (χ1v) is 8.43. The Bertz CT molecular complexity index is 1090. The highest BCUT2D eigenvalue weighted by Gasteiger charge is 2.21. The summed E-state index contributed by atoms with van der Waals surface area (Å²) in [5, 5.41) is 0.440. The summed E-state index contributed by atoms with van der Waals surface area (Å²) in [4.78, 5) is 17.5. The van der Waals surface area contributed by atoms with Crippen LogP contribution in [0.4, 0.5) is 4.39 Å². The van der Waals surface area contributed by atoms with E-state index < -0.39 is 0 Å². The summed E-state index contributed by atoms with van der Waals surface area (Å²) >= 11 is 1.25. The monoisotopic (exact) mass is 355 g/mol. The summed E-state index contributed by atoms with van der Waals surface area (Å²) in [6.07, 6.45) is 1.55. The predicted molar refractivity (Wildman–Crippen MR) is 95.9 cm³/mol. The zero-order chi connectivity index (χ0) is 17.4. The van der Waals surface area contributed by atoms with Crippen LogP contribution in [0.15, 0.2) is 48.8 Å². The van der Waals surface area contributed by atoms with Crippen molar-refractivity contribution in [1.29, 1.82) is 0 Å². The standard InChI is InChI=1S/C18H14FN3O2S/c1-24-9-11-16-12(19)5-4-8-15(16)25-17(11)18(23)21-22-10-20-13-6-2-3-7-14(13)22/h2-8,10H,9H2,1H3,(H,21,23). The van der Waals surface area contributed by atoms with Crippen molar-refractivity contribution in [2.45, 2.75) is 6.61 Å². The van der Waals surface area contributed by atoms with Crippen LogP contribution in [0.2, 0.25) is 0 Å². The van der Waals surface area contributed by atoms with Gasteiger partial charge in [-0.2, -0.15) is 0 Å². The summed E-state index contributed by atoms with van der Waals surface area (Å²) in [6.45, 7) is 0.161. The normalized spacial score (nSPS) is 11.3. The van der Waals surface area contributed by atoms with Gasteiger partial charge < -0.3 is 4.74 Å². The number of carbonyl (C=O) groups excluding carboxylic acids is 1. The third-order valence-electron chi connectivity index (χ3n) is 3.93. The quantitative estimate of drug-likeness (QED) is 0.604. The molecule has 2 aromatic carbocycles. The lowest BCUT2D eigenvalue weighted by Gasteiger charge is -2.08. The fraction of sp³-hybridized carbons (Fsp3) is 0.111. The molecule has 4 aromatic rings. The van der Waals surface area contributed by atoms with Crippen LogP contribution in [0.25, 0.3) is 21.1 Å². The largest absolute Gasteiger partial charge is 0.380 e. The van der Waals surface area contributed by atoms with Gasteiger partial charge in [0, 0.05) is 22.8 Å². The van der Waals surface area contributed by atoms with Crippen molar-refractivity contribution in [2.24, 2.45) is 0 Å². The number of hydrogen-bond acceptors (Lipinski definition) is 4. The molecule has 0 atom stereocenters. The lowest BCUT2D eigenvalue weighted by Crippen LogP contribution is -2.22. The van der Waals surface area contributed by atoms with Gasteiger partial charge >= 0.3 is 0 Å². The molecular formula is C18H14FN3O2S. The Morgan fingerprint density at radius 3 is 2.96 bits per heavy atom. The molecule has 0 radical (unpaired) electrons. The van der Waals surface area contributed by atoms with Crippen LogP contribution in [-0.4, -0.2) is 22.7 Å². The lowest BCUT2D eigenvalue weighted by molar-refractivity contribution is 0.101. The smallest absolute Gasteiger partial charge is 0.280 e. The topological polar surface area (TPSA) is 56.1 Å². The Balaban J connectivity index is 1.77. The van der Waals surface area contributed by atoms with E-state index in [1.165, 1.54) is 24.5 Å². The van der Waals surface area contributed by atoms with Crippen molar-refractivity contribution < 1.29 is 13.9 Å². The molecule has 1 N–H and O–H groups in total. The minimum absolute atomic E-state index is 0.161. The second-order valence-corrected chi connectivity index (χ2v) is 6.55. The first kappa shape index (κ1) is 15.7. The number of aromatic nitrogens is 2. The first-order chi connectivity index (χ1) is 12.2. The Labute approximate surface area is 146 Å². The highest BCUT2D eigenvalue weighted by molar-refractivity contribution is 7.21. The summed E-state index contributed by atoms with van der Waals surface area (Å²) in [5.74, 6) is -0.677. The van der Waals surface area contributed by atoms with E-state index in [0.29, 0.717) is 20.5 Å². The number of benzene rings is 2. The van der Waals surface area contributed by atoms with Gasteiger partial charge in [0.05, 0.1) is 17.6 Å². The van der Waals surface area contributed by atoms with Gasteiger partial charge in [-0.15, -0.1) is 11.3 Å². The highest BCUT2D eigenvalue weighted by atomic mass is 32.1. The second kappa shape index (κ2) is 6.27.